The quantitative estimate of drug-likeness (QED) is 0.769. The van der Waals surface area contributed by atoms with Gasteiger partial charge in [0.25, 0.3) is 0 Å². The molecule has 4 atom stereocenters. The van der Waals surface area contributed by atoms with Gasteiger partial charge < -0.3 is 4.98 Å². The average molecular weight is 406 g/mol. The second-order valence-corrected chi connectivity index (χ2v) is 9.63. The van der Waals surface area contributed by atoms with Gasteiger partial charge >= 0.3 is 0 Å². The molecule has 3 saturated heterocycles. The van der Waals surface area contributed by atoms with Gasteiger partial charge in [-0.05, 0) is 69.2 Å². The summed E-state index contributed by atoms with van der Waals surface area (Å²) in [4.78, 5) is 25.8. The third-order valence-electron chi connectivity index (χ3n) is 7.76. The van der Waals surface area contributed by atoms with E-state index in [1.165, 1.54) is 45.2 Å². The van der Waals surface area contributed by atoms with Gasteiger partial charge in [0.1, 0.15) is 0 Å². The molecule has 6 heteroatoms. The Morgan fingerprint density at radius 2 is 2.13 bits per heavy atom. The molecule has 2 unspecified atom stereocenters. The van der Waals surface area contributed by atoms with Crippen LogP contribution in [0.1, 0.15) is 38.5 Å². The fourth-order valence-corrected chi connectivity index (χ4v) is 6.63. The Kier molecular flexibility index (Phi) is 4.65. The number of imidazole rings is 1. The molecule has 6 nitrogen and oxygen atoms in total. The predicted octanol–water partition coefficient (Wildman–Crippen LogP) is 3.40. The molecule has 30 heavy (non-hydrogen) atoms. The SMILES string of the molecule is O=C(CN1CCCC2=CC3CC(CN4CCCC[C@H]34)[C@@H]21)Nc1nc2ccccc2[nH]1. The zero-order valence-electron chi connectivity index (χ0n) is 17.5. The molecule has 6 rings (SSSR count). The number of carbonyl (C=O) groups excluding carboxylic acids is 1. The summed E-state index contributed by atoms with van der Waals surface area (Å²) in [5.41, 5.74) is 3.45. The summed E-state index contributed by atoms with van der Waals surface area (Å²) in [6, 6.07) is 9.09. The molecule has 3 aliphatic heterocycles. The van der Waals surface area contributed by atoms with Crippen molar-refractivity contribution in [2.45, 2.75) is 50.6 Å². The number of rotatable bonds is 3. The number of anilines is 1. The molecule has 0 saturated carbocycles. The number of piperidine rings is 3. The summed E-state index contributed by atoms with van der Waals surface area (Å²) in [5.74, 6) is 1.99. The van der Waals surface area contributed by atoms with Gasteiger partial charge in [0.05, 0.1) is 17.6 Å². The van der Waals surface area contributed by atoms with Gasteiger partial charge in [0.2, 0.25) is 11.9 Å². The van der Waals surface area contributed by atoms with Gasteiger partial charge in [-0.25, -0.2) is 4.98 Å². The van der Waals surface area contributed by atoms with Crippen LogP contribution in [-0.4, -0.2) is 63.9 Å². The lowest BCUT2D eigenvalue weighted by Crippen LogP contribution is -2.59. The summed E-state index contributed by atoms with van der Waals surface area (Å²) >= 11 is 0. The number of likely N-dealkylation sites (tertiary alicyclic amines) is 1. The lowest BCUT2D eigenvalue weighted by atomic mass is 9.68. The monoisotopic (exact) mass is 405 g/mol. The van der Waals surface area contributed by atoms with Crippen LogP contribution in [0.2, 0.25) is 0 Å². The fraction of sp³-hybridized carbons (Fsp3) is 0.583. The maximum Gasteiger partial charge on any atom is 0.240 e. The Morgan fingerprint density at radius 3 is 3.07 bits per heavy atom. The van der Waals surface area contributed by atoms with E-state index < -0.39 is 0 Å². The maximum atomic E-state index is 12.9. The second kappa shape index (κ2) is 7.50. The number of aromatic nitrogens is 2. The van der Waals surface area contributed by atoms with Gasteiger partial charge in [0, 0.05) is 18.6 Å². The minimum Gasteiger partial charge on any atom is -0.324 e. The van der Waals surface area contributed by atoms with Crippen molar-refractivity contribution in [1.82, 2.24) is 19.8 Å². The van der Waals surface area contributed by atoms with Crippen molar-refractivity contribution in [3.8, 4) is 0 Å². The molecular weight excluding hydrogens is 374 g/mol. The van der Waals surface area contributed by atoms with Gasteiger partial charge in [0.15, 0.2) is 0 Å². The number of aromatic amines is 1. The number of benzene rings is 1. The molecule has 0 spiro atoms. The van der Waals surface area contributed by atoms with Crippen molar-refractivity contribution in [3.63, 3.8) is 0 Å². The van der Waals surface area contributed by atoms with E-state index >= 15 is 0 Å². The van der Waals surface area contributed by atoms with Crippen molar-refractivity contribution in [1.29, 1.82) is 0 Å². The number of carbonyl (C=O) groups is 1. The summed E-state index contributed by atoms with van der Waals surface area (Å²) in [6.07, 6.45) is 10.4. The van der Waals surface area contributed by atoms with E-state index in [-0.39, 0.29) is 5.91 Å². The number of hydrogen-bond donors (Lipinski definition) is 2. The highest BCUT2D eigenvalue weighted by Gasteiger charge is 2.46. The fourth-order valence-electron chi connectivity index (χ4n) is 6.63. The largest absolute Gasteiger partial charge is 0.324 e. The summed E-state index contributed by atoms with van der Waals surface area (Å²) in [5, 5.41) is 3.00. The zero-order valence-corrected chi connectivity index (χ0v) is 17.5. The van der Waals surface area contributed by atoms with Crippen LogP contribution in [0.5, 0.6) is 0 Å². The first-order valence-electron chi connectivity index (χ1n) is 11.7. The molecule has 1 aromatic carbocycles. The summed E-state index contributed by atoms with van der Waals surface area (Å²) < 4.78 is 0. The van der Waals surface area contributed by atoms with E-state index in [4.69, 9.17) is 0 Å². The van der Waals surface area contributed by atoms with Crippen LogP contribution in [0, 0.1) is 11.8 Å². The topological polar surface area (TPSA) is 64.3 Å². The van der Waals surface area contributed by atoms with Crippen LogP contribution < -0.4 is 5.32 Å². The van der Waals surface area contributed by atoms with Gasteiger partial charge in [-0.15, -0.1) is 0 Å². The van der Waals surface area contributed by atoms with E-state index in [9.17, 15) is 4.79 Å². The number of nitrogens with zero attached hydrogens (tertiary/aromatic N) is 3. The number of H-pyrrole nitrogens is 1. The minimum absolute atomic E-state index is 0.0316. The Balaban J connectivity index is 1.18. The third-order valence-corrected chi connectivity index (χ3v) is 7.76. The number of fused-ring (bicyclic) bond motifs is 7. The summed E-state index contributed by atoms with van der Waals surface area (Å²) in [6.45, 7) is 3.94. The Labute approximate surface area is 177 Å². The lowest BCUT2D eigenvalue weighted by Gasteiger charge is -2.54. The van der Waals surface area contributed by atoms with E-state index in [2.05, 4.69) is 31.2 Å². The van der Waals surface area contributed by atoms with E-state index in [1.54, 1.807) is 5.57 Å². The summed E-state index contributed by atoms with van der Waals surface area (Å²) in [7, 11) is 0. The highest BCUT2D eigenvalue weighted by atomic mass is 16.2. The van der Waals surface area contributed by atoms with Crippen molar-refractivity contribution in [2.75, 3.05) is 31.5 Å². The third kappa shape index (κ3) is 3.26. The van der Waals surface area contributed by atoms with Crippen LogP contribution >= 0.6 is 0 Å². The molecule has 3 fully saturated rings. The molecule has 4 aliphatic rings. The van der Waals surface area contributed by atoms with Crippen LogP contribution in [-0.2, 0) is 4.79 Å². The minimum atomic E-state index is 0.0316. The van der Waals surface area contributed by atoms with Crippen molar-refractivity contribution in [3.05, 3.63) is 35.9 Å². The molecule has 1 amide bonds. The molecule has 4 heterocycles. The number of hydrogen-bond acceptors (Lipinski definition) is 4. The Morgan fingerprint density at radius 1 is 1.20 bits per heavy atom. The normalized spacial score (nSPS) is 31.7. The molecule has 2 N–H and O–H groups in total. The van der Waals surface area contributed by atoms with Crippen LogP contribution in [0.3, 0.4) is 0 Å². The molecule has 1 aliphatic carbocycles. The van der Waals surface area contributed by atoms with Gasteiger partial charge in [-0.3, -0.25) is 19.9 Å². The number of amides is 1. The van der Waals surface area contributed by atoms with Crippen LogP contribution in [0.4, 0.5) is 5.95 Å². The number of para-hydroxylation sites is 2. The average Bonchev–Trinajstić information content (AvgIpc) is 3.16. The van der Waals surface area contributed by atoms with E-state index in [1.807, 2.05) is 24.3 Å². The molecular formula is C24H31N5O. The molecule has 2 aromatic rings. The van der Waals surface area contributed by atoms with Gasteiger partial charge in [-0.1, -0.05) is 30.2 Å². The Bertz CT molecular complexity index is 948. The van der Waals surface area contributed by atoms with Crippen molar-refractivity contribution >= 4 is 22.9 Å². The number of nitrogens with one attached hydrogen (secondary N) is 2. The molecule has 2 bridgehead atoms. The smallest absolute Gasteiger partial charge is 0.240 e. The standard InChI is InChI=1S/C24H31N5O/c30-22(27-24-25-19-7-1-2-8-20(19)26-24)15-29-11-5-6-16-12-17-13-18(23(16)29)14-28-10-4-3-9-21(17)28/h1-2,7-8,12,17-18,21,23H,3-6,9-11,13-15H2,(H2,25,26,27,30)/t17?,18?,21-,23-/m1/s1. The van der Waals surface area contributed by atoms with Gasteiger partial charge in [-0.2, -0.15) is 0 Å². The predicted molar refractivity (Wildman–Crippen MR) is 118 cm³/mol. The first-order chi connectivity index (χ1) is 14.7. The van der Waals surface area contributed by atoms with Crippen molar-refractivity contribution < 1.29 is 4.79 Å². The maximum absolute atomic E-state index is 12.9. The second-order valence-electron chi connectivity index (χ2n) is 9.63. The first kappa shape index (κ1) is 18.6. The van der Waals surface area contributed by atoms with Crippen molar-refractivity contribution in [2.24, 2.45) is 11.8 Å². The first-order valence-corrected chi connectivity index (χ1v) is 11.7. The zero-order chi connectivity index (χ0) is 20.1. The lowest BCUT2D eigenvalue weighted by molar-refractivity contribution is -0.118. The highest BCUT2D eigenvalue weighted by molar-refractivity contribution is 5.92. The van der Waals surface area contributed by atoms with Crippen LogP contribution in [0.25, 0.3) is 11.0 Å². The van der Waals surface area contributed by atoms with Crippen LogP contribution in [0.15, 0.2) is 35.9 Å². The van der Waals surface area contributed by atoms with E-state index in [0.717, 1.165) is 36.0 Å². The molecule has 1 aromatic heterocycles. The molecule has 0 radical (unpaired) electrons. The Hall–Kier alpha value is -2.18. The molecule has 158 valence electrons. The highest BCUT2D eigenvalue weighted by Crippen LogP contribution is 2.44. The van der Waals surface area contributed by atoms with E-state index in [0.29, 0.717) is 24.5 Å².